The average molecular weight is 152 g/mol. The van der Waals surface area contributed by atoms with Crippen LogP contribution >= 0.6 is 0 Å². The van der Waals surface area contributed by atoms with E-state index in [1.165, 1.54) is 19.3 Å². The molecule has 0 aromatic heterocycles. The highest BCUT2D eigenvalue weighted by Crippen LogP contribution is 2.49. The molecule has 0 amide bonds. The summed E-state index contributed by atoms with van der Waals surface area (Å²) in [6.07, 6.45) is 6.85. The predicted molar refractivity (Wildman–Crippen MR) is 45.1 cm³/mol. The molecule has 0 radical (unpaired) electrons. The summed E-state index contributed by atoms with van der Waals surface area (Å²) >= 11 is 0. The Balaban J connectivity index is 2.05. The Labute approximate surface area is 68.1 Å². The monoisotopic (exact) mass is 152 g/mol. The molecule has 4 atom stereocenters. The van der Waals surface area contributed by atoms with Gasteiger partial charge in [-0.25, -0.2) is 0 Å². The van der Waals surface area contributed by atoms with E-state index in [0.29, 0.717) is 11.8 Å². The first-order valence-corrected chi connectivity index (χ1v) is 4.62. The lowest BCUT2D eigenvalue weighted by Crippen LogP contribution is -2.26. The van der Waals surface area contributed by atoms with E-state index in [1.54, 1.807) is 0 Å². The van der Waals surface area contributed by atoms with Crippen molar-refractivity contribution in [2.45, 2.75) is 31.8 Å². The standard InChI is InChI=1S/C10H16O/c1-2-3-9-7-4-5-8(6-7)10(9)11/h2,7-11H,1,3-6H2. The summed E-state index contributed by atoms with van der Waals surface area (Å²) in [6, 6.07) is 0. The van der Waals surface area contributed by atoms with Crippen molar-refractivity contribution in [1.82, 2.24) is 0 Å². The lowest BCUT2D eigenvalue weighted by Gasteiger charge is -2.25. The zero-order valence-electron chi connectivity index (χ0n) is 6.87. The smallest absolute Gasteiger partial charge is 0.0602 e. The molecule has 0 spiro atoms. The van der Waals surface area contributed by atoms with Crippen LogP contribution in [-0.4, -0.2) is 11.2 Å². The molecule has 0 aromatic rings. The maximum atomic E-state index is 9.76. The van der Waals surface area contributed by atoms with Crippen molar-refractivity contribution in [2.24, 2.45) is 17.8 Å². The number of hydrogen-bond acceptors (Lipinski definition) is 1. The second-order valence-electron chi connectivity index (χ2n) is 4.01. The van der Waals surface area contributed by atoms with Crippen LogP contribution in [0.25, 0.3) is 0 Å². The summed E-state index contributed by atoms with van der Waals surface area (Å²) in [5, 5.41) is 9.76. The molecule has 1 nitrogen and oxygen atoms in total. The van der Waals surface area contributed by atoms with E-state index in [0.717, 1.165) is 12.3 Å². The number of rotatable bonds is 2. The summed E-state index contributed by atoms with van der Waals surface area (Å²) in [5.41, 5.74) is 0. The lowest BCUT2D eigenvalue weighted by atomic mass is 9.84. The highest BCUT2D eigenvalue weighted by molar-refractivity contribution is 4.98. The summed E-state index contributed by atoms with van der Waals surface area (Å²) in [5.74, 6) is 1.99. The van der Waals surface area contributed by atoms with Gasteiger partial charge in [-0.2, -0.15) is 0 Å². The molecule has 2 aliphatic carbocycles. The molecule has 0 aliphatic heterocycles. The second kappa shape index (κ2) is 2.63. The van der Waals surface area contributed by atoms with Crippen molar-refractivity contribution >= 4 is 0 Å². The first-order valence-electron chi connectivity index (χ1n) is 4.62. The summed E-state index contributed by atoms with van der Waals surface area (Å²) in [4.78, 5) is 0. The van der Waals surface area contributed by atoms with Crippen molar-refractivity contribution in [3.8, 4) is 0 Å². The maximum Gasteiger partial charge on any atom is 0.0602 e. The predicted octanol–water partition coefficient (Wildman–Crippen LogP) is 1.97. The Morgan fingerprint density at radius 1 is 1.36 bits per heavy atom. The van der Waals surface area contributed by atoms with Crippen molar-refractivity contribution in [2.75, 3.05) is 0 Å². The minimum Gasteiger partial charge on any atom is -0.393 e. The first-order chi connectivity index (χ1) is 5.33. The molecule has 62 valence electrons. The molecule has 1 heteroatoms. The summed E-state index contributed by atoms with van der Waals surface area (Å²) in [7, 11) is 0. The number of aliphatic hydroxyl groups is 1. The van der Waals surface area contributed by atoms with E-state index in [1.807, 2.05) is 6.08 Å². The van der Waals surface area contributed by atoms with E-state index < -0.39 is 0 Å². The molecule has 0 aromatic carbocycles. The molecule has 2 bridgehead atoms. The fraction of sp³-hybridized carbons (Fsp3) is 0.800. The van der Waals surface area contributed by atoms with Crippen LogP contribution in [0.3, 0.4) is 0 Å². The maximum absolute atomic E-state index is 9.76. The van der Waals surface area contributed by atoms with E-state index in [-0.39, 0.29) is 6.10 Å². The van der Waals surface area contributed by atoms with Crippen molar-refractivity contribution in [3.63, 3.8) is 0 Å². The topological polar surface area (TPSA) is 20.2 Å². The van der Waals surface area contributed by atoms with Crippen LogP contribution in [0.5, 0.6) is 0 Å². The van der Waals surface area contributed by atoms with E-state index >= 15 is 0 Å². The molecule has 11 heavy (non-hydrogen) atoms. The van der Waals surface area contributed by atoms with Crippen molar-refractivity contribution in [1.29, 1.82) is 0 Å². The summed E-state index contributed by atoms with van der Waals surface area (Å²) < 4.78 is 0. The molecular formula is C10H16O. The van der Waals surface area contributed by atoms with Gasteiger partial charge in [-0.3, -0.25) is 0 Å². The molecule has 0 heterocycles. The fourth-order valence-corrected chi connectivity index (χ4v) is 2.90. The molecule has 2 rings (SSSR count). The minimum absolute atomic E-state index is 0.00764. The number of hydrogen-bond donors (Lipinski definition) is 1. The molecule has 2 aliphatic rings. The van der Waals surface area contributed by atoms with E-state index in [4.69, 9.17) is 0 Å². The third kappa shape index (κ3) is 1.02. The van der Waals surface area contributed by atoms with Gasteiger partial charge in [0.15, 0.2) is 0 Å². The van der Waals surface area contributed by atoms with Gasteiger partial charge in [-0.1, -0.05) is 6.08 Å². The summed E-state index contributed by atoms with van der Waals surface area (Å²) in [6.45, 7) is 3.73. The Hall–Kier alpha value is -0.300. The van der Waals surface area contributed by atoms with Gasteiger partial charge in [0.05, 0.1) is 6.10 Å². The normalized spacial score (nSPS) is 48.1. The zero-order chi connectivity index (χ0) is 7.84. The van der Waals surface area contributed by atoms with Crippen LogP contribution in [0.15, 0.2) is 12.7 Å². The van der Waals surface area contributed by atoms with Crippen LogP contribution in [0, 0.1) is 17.8 Å². The Kier molecular flexibility index (Phi) is 1.76. The van der Waals surface area contributed by atoms with Gasteiger partial charge in [-0.05, 0) is 43.4 Å². The highest BCUT2D eigenvalue weighted by Gasteiger charge is 2.45. The highest BCUT2D eigenvalue weighted by atomic mass is 16.3. The molecule has 2 fully saturated rings. The number of aliphatic hydroxyl groups excluding tert-OH is 1. The second-order valence-corrected chi connectivity index (χ2v) is 4.01. The van der Waals surface area contributed by atoms with Crippen molar-refractivity contribution in [3.05, 3.63) is 12.7 Å². The zero-order valence-corrected chi connectivity index (χ0v) is 6.87. The van der Waals surface area contributed by atoms with Gasteiger partial charge < -0.3 is 5.11 Å². The van der Waals surface area contributed by atoms with Gasteiger partial charge in [0.2, 0.25) is 0 Å². The minimum atomic E-state index is -0.00764. The number of allylic oxidation sites excluding steroid dienone is 1. The van der Waals surface area contributed by atoms with Crippen LogP contribution in [-0.2, 0) is 0 Å². The van der Waals surface area contributed by atoms with Crippen LogP contribution in [0.4, 0.5) is 0 Å². The molecule has 0 saturated heterocycles. The number of fused-ring (bicyclic) bond motifs is 2. The van der Waals surface area contributed by atoms with E-state index in [9.17, 15) is 5.11 Å². The van der Waals surface area contributed by atoms with Crippen LogP contribution in [0.2, 0.25) is 0 Å². The largest absolute Gasteiger partial charge is 0.393 e. The van der Waals surface area contributed by atoms with Crippen molar-refractivity contribution < 1.29 is 5.11 Å². The third-order valence-corrected chi connectivity index (χ3v) is 3.48. The third-order valence-electron chi connectivity index (χ3n) is 3.48. The fourth-order valence-electron chi connectivity index (χ4n) is 2.90. The van der Waals surface area contributed by atoms with Gasteiger partial charge in [0, 0.05) is 0 Å². The van der Waals surface area contributed by atoms with Gasteiger partial charge in [0.1, 0.15) is 0 Å². The molecule has 4 unspecified atom stereocenters. The first kappa shape index (κ1) is 7.35. The van der Waals surface area contributed by atoms with Gasteiger partial charge in [0.25, 0.3) is 0 Å². The molecule has 1 N–H and O–H groups in total. The lowest BCUT2D eigenvalue weighted by molar-refractivity contribution is 0.0604. The van der Waals surface area contributed by atoms with Crippen LogP contribution < -0.4 is 0 Å². The Bertz CT molecular complexity index is 162. The van der Waals surface area contributed by atoms with Crippen LogP contribution in [0.1, 0.15) is 25.7 Å². The van der Waals surface area contributed by atoms with Gasteiger partial charge >= 0.3 is 0 Å². The quantitative estimate of drug-likeness (QED) is 0.600. The Morgan fingerprint density at radius 3 is 2.64 bits per heavy atom. The van der Waals surface area contributed by atoms with Gasteiger partial charge in [-0.15, -0.1) is 6.58 Å². The molecule has 2 saturated carbocycles. The Morgan fingerprint density at radius 2 is 2.09 bits per heavy atom. The molecular weight excluding hydrogens is 136 g/mol. The SMILES string of the molecule is C=CCC1C2CCC(C2)C1O. The average Bonchev–Trinajstić information content (AvgIpc) is 2.54. The van der Waals surface area contributed by atoms with E-state index in [2.05, 4.69) is 6.58 Å².